The summed E-state index contributed by atoms with van der Waals surface area (Å²) in [5.74, 6) is 0. The van der Waals surface area contributed by atoms with Gasteiger partial charge in [0.25, 0.3) is 0 Å². The van der Waals surface area contributed by atoms with Crippen LogP contribution in [0.3, 0.4) is 0 Å². The van der Waals surface area contributed by atoms with E-state index in [9.17, 15) is 13.7 Å². The van der Waals surface area contributed by atoms with Gasteiger partial charge >= 0.3 is 22.8 Å². The van der Waals surface area contributed by atoms with E-state index in [4.69, 9.17) is 31.6 Å². The average molecular weight is 484 g/mol. The summed E-state index contributed by atoms with van der Waals surface area (Å²) in [6, 6.07) is 1.17. The smallest absolute Gasteiger partial charge is 0.329 e. The molecule has 0 aliphatic rings. The van der Waals surface area contributed by atoms with Crippen LogP contribution in [0.5, 0.6) is 0 Å². The van der Waals surface area contributed by atoms with Gasteiger partial charge in [-0.3, -0.25) is 13.7 Å². The van der Waals surface area contributed by atoms with E-state index in [1.165, 1.54) is 42.7 Å². The highest BCUT2D eigenvalue weighted by molar-refractivity contribution is 7.54. The second kappa shape index (κ2) is 13.1. The van der Waals surface area contributed by atoms with Crippen LogP contribution in [0.15, 0.2) is 0 Å². The molecule has 14 heteroatoms. The van der Waals surface area contributed by atoms with E-state index in [0.29, 0.717) is 24.7 Å². The van der Waals surface area contributed by atoms with Crippen LogP contribution in [-0.4, -0.2) is 76.1 Å². The molecule has 28 heavy (non-hydrogen) atoms. The quantitative estimate of drug-likeness (QED) is 0.217. The number of hydrogen-bond donors (Lipinski definition) is 0. The van der Waals surface area contributed by atoms with Crippen molar-refractivity contribution in [2.24, 2.45) is 0 Å². The van der Waals surface area contributed by atoms with Gasteiger partial charge < -0.3 is 31.6 Å². The van der Waals surface area contributed by atoms with Gasteiger partial charge in [-0.1, -0.05) is 0 Å². The van der Waals surface area contributed by atoms with Crippen LogP contribution >= 0.6 is 22.8 Å². The fraction of sp³-hybridized carbons (Fsp3) is 1.00. The Kier molecular flexibility index (Phi) is 13.4. The molecule has 0 saturated carbocycles. The van der Waals surface area contributed by atoms with E-state index < -0.39 is 31.1 Å². The van der Waals surface area contributed by atoms with E-state index in [1.807, 2.05) is 6.92 Å². The van der Waals surface area contributed by atoms with Gasteiger partial charge in [0.05, 0.1) is 0 Å². The summed E-state index contributed by atoms with van der Waals surface area (Å²) in [7, 11) is -4.59. The second-order valence-electron chi connectivity index (χ2n) is 5.97. The summed E-state index contributed by atoms with van der Waals surface area (Å²) in [6.07, 6.45) is 0.377. The molecule has 0 aliphatic heterocycles. The molecule has 10 nitrogen and oxygen atoms in total. The monoisotopic (exact) mass is 484 g/mol. The number of hydrogen-bond acceptors (Lipinski definition) is 10. The third kappa shape index (κ3) is 9.19. The molecular weight excluding hydrogens is 449 g/mol. The van der Waals surface area contributed by atoms with E-state index >= 15 is 0 Å². The highest BCUT2D eigenvalue weighted by atomic mass is 31.2. The van der Waals surface area contributed by atoms with E-state index in [0.717, 1.165) is 0 Å². The SMILES string of the molecule is CCO[Si](CCP(=O)(OC)OC)(CCP(=O)(OC)OC)CCP(=O)(OC)OC. The summed E-state index contributed by atoms with van der Waals surface area (Å²) in [5, 5.41) is 0. The molecule has 0 unspecified atom stereocenters. The Bertz CT molecular complexity index is 490. The lowest BCUT2D eigenvalue weighted by Gasteiger charge is -2.33. The largest absolute Gasteiger partial charge is 0.417 e. The van der Waals surface area contributed by atoms with Crippen LogP contribution in [0.1, 0.15) is 6.92 Å². The van der Waals surface area contributed by atoms with E-state index in [1.54, 1.807) is 0 Å². The van der Waals surface area contributed by atoms with Crippen LogP contribution in [0.2, 0.25) is 18.1 Å². The lowest BCUT2D eigenvalue weighted by molar-refractivity contribution is 0.271. The Labute approximate surface area is 169 Å². The van der Waals surface area contributed by atoms with Crippen LogP contribution in [0.25, 0.3) is 0 Å². The topological polar surface area (TPSA) is 116 Å². The van der Waals surface area contributed by atoms with Crippen molar-refractivity contribution in [2.45, 2.75) is 25.1 Å². The third-order valence-electron chi connectivity index (χ3n) is 4.64. The molecule has 0 aromatic rings. The molecule has 0 amide bonds. The second-order valence-corrected chi connectivity index (χ2v) is 17.3. The molecule has 0 atom stereocenters. The molecule has 0 bridgehead atoms. The van der Waals surface area contributed by atoms with Gasteiger partial charge in [-0.15, -0.1) is 0 Å². The fourth-order valence-corrected chi connectivity index (χ4v) is 14.2. The summed E-state index contributed by atoms with van der Waals surface area (Å²) < 4.78 is 73.9. The Morgan fingerprint density at radius 2 is 0.821 bits per heavy atom. The van der Waals surface area contributed by atoms with Crippen molar-refractivity contribution in [3.05, 3.63) is 0 Å². The van der Waals surface area contributed by atoms with E-state index in [-0.39, 0.29) is 18.5 Å². The molecule has 0 N–H and O–H groups in total. The van der Waals surface area contributed by atoms with Gasteiger partial charge in [0, 0.05) is 67.8 Å². The molecule has 0 aromatic carbocycles. The van der Waals surface area contributed by atoms with Crippen molar-refractivity contribution in [2.75, 3.05) is 67.8 Å². The van der Waals surface area contributed by atoms with E-state index in [2.05, 4.69) is 0 Å². The first-order valence-electron chi connectivity index (χ1n) is 8.80. The maximum atomic E-state index is 12.5. The van der Waals surface area contributed by atoms with Crippen molar-refractivity contribution < 1.29 is 45.3 Å². The van der Waals surface area contributed by atoms with Gasteiger partial charge in [0.15, 0.2) is 8.32 Å². The predicted molar refractivity (Wildman–Crippen MR) is 111 cm³/mol. The standard InChI is InChI=1S/C14H35O10P3Si/c1-8-24-28(12-9-25(15,18-2)19-3,13-10-26(16,20-4)21-5)14-11-27(17,22-6)23-7/h8-14H2,1-7H3. The molecule has 0 fully saturated rings. The Balaban J connectivity index is 5.66. The summed E-state index contributed by atoms with van der Waals surface area (Å²) >= 11 is 0. The van der Waals surface area contributed by atoms with Crippen LogP contribution in [-0.2, 0) is 45.3 Å². The first-order valence-corrected chi connectivity index (χ1v) is 16.5. The summed E-state index contributed by atoms with van der Waals surface area (Å²) in [4.78, 5) is 0. The first kappa shape index (κ1) is 28.6. The van der Waals surface area contributed by atoms with Crippen molar-refractivity contribution in [1.29, 1.82) is 0 Å². The van der Waals surface area contributed by atoms with Crippen LogP contribution < -0.4 is 0 Å². The first-order chi connectivity index (χ1) is 13.0. The highest BCUT2D eigenvalue weighted by Crippen LogP contribution is 2.53. The minimum atomic E-state index is -3.27. The zero-order valence-electron chi connectivity index (χ0n) is 17.9. The molecule has 0 spiro atoms. The minimum Gasteiger partial charge on any atom is -0.417 e. The molecule has 0 aromatic heterocycles. The van der Waals surface area contributed by atoms with Gasteiger partial charge in [-0.25, -0.2) is 0 Å². The lowest BCUT2D eigenvalue weighted by atomic mass is 10.9. The van der Waals surface area contributed by atoms with Gasteiger partial charge in [0.1, 0.15) is 0 Å². The molecule has 0 saturated heterocycles. The Morgan fingerprint density at radius 3 is 1.00 bits per heavy atom. The average Bonchev–Trinajstić information content (AvgIpc) is 2.74. The van der Waals surface area contributed by atoms with Gasteiger partial charge in [-0.05, 0) is 25.1 Å². The van der Waals surface area contributed by atoms with Gasteiger partial charge in [0.2, 0.25) is 0 Å². The minimum absolute atomic E-state index is 0.126. The van der Waals surface area contributed by atoms with Crippen molar-refractivity contribution in [3.8, 4) is 0 Å². The fourth-order valence-electron chi connectivity index (χ4n) is 2.69. The molecular formula is C14H35O10P3Si. The van der Waals surface area contributed by atoms with Crippen molar-refractivity contribution >= 4 is 31.1 Å². The number of rotatable bonds is 17. The summed E-state index contributed by atoms with van der Waals surface area (Å²) in [5.41, 5.74) is 0. The van der Waals surface area contributed by atoms with Crippen molar-refractivity contribution in [1.82, 2.24) is 0 Å². The third-order valence-corrected chi connectivity index (χ3v) is 15.9. The molecule has 170 valence electrons. The molecule has 0 heterocycles. The van der Waals surface area contributed by atoms with Gasteiger partial charge in [-0.2, -0.15) is 0 Å². The molecule has 0 aliphatic carbocycles. The van der Waals surface area contributed by atoms with Crippen LogP contribution in [0, 0.1) is 0 Å². The molecule has 0 radical (unpaired) electrons. The normalized spacial score (nSPS) is 13.8. The molecule has 0 rings (SSSR count). The predicted octanol–water partition coefficient (Wildman–Crippen LogP) is 4.43. The van der Waals surface area contributed by atoms with Crippen LogP contribution in [0.4, 0.5) is 0 Å². The zero-order chi connectivity index (χ0) is 21.9. The maximum absolute atomic E-state index is 12.5. The lowest BCUT2D eigenvalue weighted by Crippen LogP contribution is -2.41. The Hall–Kier alpha value is 0.627. The maximum Gasteiger partial charge on any atom is 0.329 e. The van der Waals surface area contributed by atoms with Crippen molar-refractivity contribution in [3.63, 3.8) is 0 Å². The highest BCUT2D eigenvalue weighted by Gasteiger charge is 2.42. The Morgan fingerprint density at radius 1 is 0.571 bits per heavy atom. The summed E-state index contributed by atoms with van der Waals surface area (Å²) in [6.45, 7) is 2.23. The zero-order valence-corrected chi connectivity index (χ0v) is 21.6.